The minimum atomic E-state index is -1.32. The average molecular weight is 484 g/mol. The van der Waals surface area contributed by atoms with Crippen LogP contribution in [0.15, 0.2) is 77.7 Å². The predicted molar refractivity (Wildman–Crippen MR) is 138 cm³/mol. The van der Waals surface area contributed by atoms with Gasteiger partial charge in [0.15, 0.2) is 0 Å². The maximum absolute atomic E-state index is 15.3. The van der Waals surface area contributed by atoms with Gasteiger partial charge in [-0.25, -0.2) is 9.18 Å². The molecule has 0 bridgehead atoms. The van der Waals surface area contributed by atoms with Crippen LogP contribution in [-0.2, 0) is 6.54 Å². The monoisotopic (exact) mass is 483 g/mol. The summed E-state index contributed by atoms with van der Waals surface area (Å²) in [4.78, 5) is 26.8. The smallest absolute Gasteiger partial charge is 0.341 e. The van der Waals surface area contributed by atoms with Crippen LogP contribution in [0.25, 0.3) is 22.0 Å². The minimum absolute atomic E-state index is 0.0816. The van der Waals surface area contributed by atoms with Crippen LogP contribution >= 0.6 is 0 Å². The highest BCUT2D eigenvalue weighted by Crippen LogP contribution is 2.34. The van der Waals surface area contributed by atoms with Gasteiger partial charge >= 0.3 is 5.97 Å². The van der Waals surface area contributed by atoms with Crippen LogP contribution in [0, 0.1) is 17.7 Å². The molecular formula is C29H26FN3O3. The highest BCUT2D eigenvalue weighted by molar-refractivity contribution is 5.93. The number of rotatable bonds is 5. The third kappa shape index (κ3) is 3.95. The summed E-state index contributed by atoms with van der Waals surface area (Å²) in [6, 6.07) is 21.0. The number of hydrogen-bond acceptors (Lipinski definition) is 4. The largest absolute Gasteiger partial charge is 0.477 e. The van der Waals surface area contributed by atoms with Crippen molar-refractivity contribution in [1.82, 2.24) is 9.88 Å². The average Bonchev–Trinajstić information content (AvgIpc) is 3.49. The fourth-order valence-electron chi connectivity index (χ4n) is 5.61. The van der Waals surface area contributed by atoms with Crippen LogP contribution in [0.3, 0.4) is 0 Å². The summed E-state index contributed by atoms with van der Waals surface area (Å²) in [6.07, 6.45) is 1.38. The Bertz CT molecular complexity index is 1500. The number of carboxylic acid groups (broad SMARTS) is 1. The van der Waals surface area contributed by atoms with Crippen LogP contribution < -0.4 is 15.6 Å². The van der Waals surface area contributed by atoms with E-state index in [0.717, 1.165) is 42.9 Å². The van der Waals surface area contributed by atoms with Crippen molar-refractivity contribution in [3.63, 3.8) is 0 Å². The van der Waals surface area contributed by atoms with Gasteiger partial charge in [-0.15, -0.1) is 0 Å². The number of fused-ring (bicyclic) bond motifs is 2. The Morgan fingerprint density at radius 3 is 2.31 bits per heavy atom. The van der Waals surface area contributed by atoms with E-state index >= 15 is 4.39 Å². The second-order valence-electron chi connectivity index (χ2n) is 9.77. The molecule has 2 aliphatic rings. The van der Waals surface area contributed by atoms with Gasteiger partial charge in [-0.1, -0.05) is 54.6 Å². The summed E-state index contributed by atoms with van der Waals surface area (Å²) in [5, 5.41) is 13.1. The molecular weight excluding hydrogens is 457 g/mol. The van der Waals surface area contributed by atoms with E-state index in [1.54, 1.807) is 10.6 Å². The van der Waals surface area contributed by atoms with Gasteiger partial charge in [0.2, 0.25) is 5.43 Å². The van der Waals surface area contributed by atoms with Crippen molar-refractivity contribution in [3.05, 3.63) is 100 Å². The van der Waals surface area contributed by atoms with E-state index in [2.05, 4.69) is 10.2 Å². The van der Waals surface area contributed by atoms with E-state index in [4.69, 9.17) is 0 Å². The highest BCUT2D eigenvalue weighted by atomic mass is 19.1. The van der Waals surface area contributed by atoms with Crippen molar-refractivity contribution in [2.75, 3.05) is 31.1 Å². The molecule has 0 spiro atoms. The standard InChI is InChI=1S/C29H26FN3O3/c30-25-10-23-26(11-27(25)33-15-21-12-31-13-22(21)16-33)32(17-24(28(23)34)29(35)36)14-18-6-8-20(9-7-18)19-4-2-1-3-5-19/h1-11,17,21-22,31H,12-16H2,(H,35,36). The molecule has 0 saturated carbocycles. The Balaban J connectivity index is 1.41. The van der Waals surface area contributed by atoms with Crippen LogP contribution in [0.1, 0.15) is 15.9 Å². The summed E-state index contributed by atoms with van der Waals surface area (Å²) >= 11 is 0. The van der Waals surface area contributed by atoms with Gasteiger partial charge in [-0.05, 0) is 40.7 Å². The number of anilines is 1. The fraction of sp³-hybridized carbons (Fsp3) is 0.241. The molecule has 2 saturated heterocycles. The summed E-state index contributed by atoms with van der Waals surface area (Å²) in [7, 11) is 0. The fourth-order valence-corrected chi connectivity index (χ4v) is 5.61. The van der Waals surface area contributed by atoms with Gasteiger partial charge in [-0.3, -0.25) is 4.79 Å². The molecule has 2 unspecified atom stereocenters. The van der Waals surface area contributed by atoms with Crippen molar-refractivity contribution in [3.8, 4) is 11.1 Å². The third-order valence-electron chi connectivity index (χ3n) is 7.52. The van der Waals surface area contributed by atoms with E-state index in [0.29, 0.717) is 29.6 Å². The van der Waals surface area contributed by atoms with E-state index in [-0.39, 0.29) is 10.9 Å². The van der Waals surface area contributed by atoms with Gasteiger partial charge < -0.3 is 19.9 Å². The van der Waals surface area contributed by atoms with Crippen molar-refractivity contribution in [1.29, 1.82) is 0 Å². The number of aromatic nitrogens is 1. The lowest BCUT2D eigenvalue weighted by molar-refractivity contribution is 0.0695. The Kier molecular flexibility index (Phi) is 5.57. The van der Waals surface area contributed by atoms with Gasteiger partial charge in [0.1, 0.15) is 11.4 Å². The Morgan fingerprint density at radius 2 is 1.64 bits per heavy atom. The number of hydrogen-bond donors (Lipinski definition) is 2. The number of nitrogens with one attached hydrogen (secondary N) is 1. The van der Waals surface area contributed by atoms with E-state index in [1.807, 2.05) is 54.6 Å². The lowest BCUT2D eigenvalue weighted by Gasteiger charge is -2.22. The maximum atomic E-state index is 15.3. The molecule has 3 aromatic carbocycles. The maximum Gasteiger partial charge on any atom is 0.341 e. The Hall–Kier alpha value is -3.97. The predicted octanol–water partition coefficient (Wildman–Crippen LogP) is 4.21. The lowest BCUT2D eigenvalue weighted by Crippen LogP contribution is -2.27. The molecule has 1 aromatic heterocycles. The highest BCUT2D eigenvalue weighted by Gasteiger charge is 2.37. The summed E-state index contributed by atoms with van der Waals surface area (Å²) in [5.74, 6) is -0.840. The molecule has 36 heavy (non-hydrogen) atoms. The first-order chi connectivity index (χ1) is 17.5. The van der Waals surface area contributed by atoms with Crippen molar-refractivity contribution in [2.45, 2.75) is 6.54 Å². The lowest BCUT2D eigenvalue weighted by atomic mass is 10.0. The number of aromatic carboxylic acids is 1. The number of pyridine rings is 1. The zero-order chi connectivity index (χ0) is 24.8. The van der Waals surface area contributed by atoms with Crippen LogP contribution in [0.4, 0.5) is 10.1 Å². The molecule has 4 aromatic rings. The molecule has 6 nitrogen and oxygen atoms in total. The summed E-state index contributed by atoms with van der Waals surface area (Å²) < 4.78 is 17.0. The van der Waals surface area contributed by atoms with Gasteiger partial charge in [0, 0.05) is 44.3 Å². The van der Waals surface area contributed by atoms with Crippen LogP contribution in [0.2, 0.25) is 0 Å². The minimum Gasteiger partial charge on any atom is -0.477 e. The summed E-state index contributed by atoms with van der Waals surface area (Å²) in [6.45, 7) is 3.74. The van der Waals surface area contributed by atoms with Crippen LogP contribution in [-0.4, -0.2) is 41.8 Å². The topological polar surface area (TPSA) is 74.6 Å². The van der Waals surface area contributed by atoms with Crippen molar-refractivity contribution in [2.24, 2.45) is 11.8 Å². The molecule has 2 atom stereocenters. The molecule has 2 fully saturated rings. The van der Waals surface area contributed by atoms with E-state index in [9.17, 15) is 14.7 Å². The van der Waals surface area contributed by atoms with Crippen molar-refractivity contribution >= 4 is 22.6 Å². The molecule has 7 heteroatoms. The number of nitrogens with zero attached hydrogens (tertiary/aromatic N) is 2. The zero-order valence-corrected chi connectivity index (χ0v) is 19.7. The SMILES string of the molecule is O=C(O)c1cn(Cc2ccc(-c3ccccc3)cc2)c2cc(N3CC4CNCC4C3)c(F)cc2c1=O. The van der Waals surface area contributed by atoms with E-state index < -0.39 is 17.2 Å². The summed E-state index contributed by atoms with van der Waals surface area (Å²) in [5.41, 5.74) is 3.10. The van der Waals surface area contributed by atoms with E-state index in [1.165, 1.54) is 12.3 Å². The molecule has 2 N–H and O–H groups in total. The molecule has 0 radical (unpaired) electrons. The molecule has 0 aliphatic carbocycles. The Labute approximate surface area is 207 Å². The Morgan fingerprint density at radius 1 is 0.972 bits per heavy atom. The number of carboxylic acids is 1. The normalized spacial score (nSPS) is 19.1. The third-order valence-corrected chi connectivity index (χ3v) is 7.52. The molecule has 0 amide bonds. The van der Waals surface area contributed by atoms with Gasteiger partial charge in [0.25, 0.3) is 0 Å². The molecule has 182 valence electrons. The quantitative estimate of drug-likeness (QED) is 0.445. The molecule has 6 rings (SSSR count). The first kappa shape index (κ1) is 22.5. The first-order valence-electron chi connectivity index (χ1n) is 12.2. The molecule has 2 aliphatic heterocycles. The van der Waals surface area contributed by atoms with Gasteiger partial charge in [0.05, 0.1) is 11.2 Å². The number of carbonyl (C=O) groups is 1. The zero-order valence-electron chi connectivity index (χ0n) is 19.7. The second kappa shape index (κ2) is 8.91. The first-order valence-corrected chi connectivity index (χ1v) is 12.2. The number of halogens is 1. The van der Waals surface area contributed by atoms with Gasteiger partial charge in [-0.2, -0.15) is 0 Å². The second-order valence-corrected chi connectivity index (χ2v) is 9.77. The number of benzene rings is 3. The van der Waals surface area contributed by atoms with Crippen molar-refractivity contribution < 1.29 is 14.3 Å². The van der Waals surface area contributed by atoms with Crippen LogP contribution in [0.5, 0.6) is 0 Å². The molecule has 3 heterocycles.